The van der Waals surface area contributed by atoms with E-state index in [1.54, 1.807) is 29.6 Å². The van der Waals surface area contributed by atoms with Crippen molar-refractivity contribution in [3.05, 3.63) is 120 Å². The Morgan fingerprint density at radius 1 is 0.800 bits per heavy atom. The lowest BCUT2D eigenvalue weighted by Gasteiger charge is -2.23. The molecule has 0 saturated heterocycles. The van der Waals surface area contributed by atoms with Gasteiger partial charge < -0.3 is 10.2 Å². The normalized spacial score (nSPS) is 10.4. The number of hydrogen-bond acceptors (Lipinski definition) is 4. The molecule has 1 N–H and O–H groups in total. The molecule has 0 spiro atoms. The molecule has 148 valence electrons. The molecule has 1 amide bonds. The number of nitrogens with one attached hydrogen (secondary N) is 1. The third-order valence-electron chi connectivity index (χ3n) is 4.72. The van der Waals surface area contributed by atoms with Crippen LogP contribution in [0.1, 0.15) is 21.6 Å². The van der Waals surface area contributed by atoms with Crippen molar-refractivity contribution in [2.24, 2.45) is 0 Å². The molecule has 0 fully saturated rings. The Labute approximate surface area is 176 Å². The minimum Gasteiger partial charge on any atom is -0.381 e. The zero-order valence-corrected chi connectivity index (χ0v) is 16.5. The summed E-state index contributed by atoms with van der Waals surface area (Å²) in [6.07, 6.45) is 5.19. The topological polar surface area (TPSA) is 58.1 Å². The molecule has 5 heteroatoms. The van der Waals surface area contributed by atoms with Gasteiger partial charge in [-0.2, -0.15) is 0 Å². The average Bonchev–Trinajstić information content (AvgIpc) is 2.83. The minimum atomic E-state index is -0.141. The first-order valence-corrected chi connectivity index (χ1v) is 9.79. The number of pyridine rings is 2. The molecule has 0 aliphatic rings. The fraction of sp³-hybridized carbons (Fsp3) is 0.0800. The van der Waals surface area contributed by atoms with Crippen molar-refractivity contribution >= 4 is 17.3 Å². The molecule has 0 radical (unpaired) electrons. The molecule has 30 heavy (non-hydrogen) atoms. The zero-order chi connectivity index (χ0) is 20.6. The van der Waals surface area contributed by atoms with Gasteiger partial charge in [0.1, 0.15) is 5.69 Å². The monoisotopic (exact) mass is 394 g/mol. The van der Waals surface area contributed by atoms with E-state index in [4.69, 9.17) is 0 Å². The van der Waals surface area contributed by atoms with Crippen LogP contribution in [0, 0.1) is 0 Å². The van der Waals surface area contributed by atoms with Crippen LogP contribution in [0.25, 0.3) is 0 Å². The van der Waals surface area contributed by atoms with E-state index in [0.717, 1.165) is 22.5 Å². The van der Waals surface area contributed by atoms with E-state index in [1.807, 2.05) is 78.9 Å². The van der Waals surface area contributed by atoms with Crippen molar-refractivity contribution < 1.29 is 4.79 Å². The molecule has 4 aromatic rings. The number of benzene rings is 2. The Morgan fingerprint density at radius 3 is 2.23 bits per heavy atom. The fourth-order valence-electron chi connectivity index (χ4n) is 3.15. The average molecular weight is 394 g/mol. The summed E-state index contributed by atoms with van der Waals surface area (Å²) in [5, 5.41) is 3.35. The number of carbonyl (C=O) groups excluding carboxylic acids is 1. The number of hydrogen-bond donors (Lipinski definition) is 1. The largest absolute Gasteiger partial charge is 0.381 e. The third kappa shape index (κ3) is 4.89. The summed E-state index contributed by atoms with van der Waals surface area (Å²) in [7, 11) is 0. The fourth-order valence-corrected chi connectivity index (χ4v) is 3.15. The quantitative estimate of drug-likeness (QED) is 0.483. The predicted octanol–water partition coefficient (Wildman–Crippen LogP) is 4.94. The van der Waals surface area contributed by atoms with Crippen molar-refractivity contribution in [3.8, 4) is 0 Å². The van der Waals surface area contributed by atoms with Gasteiger partial charge in [-0.15, -0.1) is 0 Å². The van der Waals surface area contributed by atoms with E-state index in [1.165, 1.54) is 0 Å². The molecule has 0 bridgehead atoms. The van der Waals surface area contributed by atoms with Crippen LogP contribution in [0.15, 0.2) is 104 Å². The maximum Gasteiger partial charge on any atom is 0.277 e. The Morgan fingerprint density at radius 2 is 1.50 bits per heavy atom. The number of aromatic nitrogens is 2. The summed E-state index contributed by atoms with van der Waals surface area (Å²) in [5.74, 6) is -0.141. The van der Waals surface area contributed by atoms with Gasteiger partial charge in [0, 0.05) is 36.5 Å². The minimum absolute atomic E-state index is 0.141. The lowest BCUT2D eigenvalue weighted by Crippen LogP contribution is -2.31. The molecular weight excluding hydrogens is 372 g/mol. The number of anilines is 2. The molecular formula is C25H22N4O. The van der Waals surface area contributed by atoms with Crippen LogP contribution in [-0.2, 0) is 13.1 Å². The number of rotatable bonds is 7. The van der Waals surface area contributed by atoms with E-state index in [2.05, 4.69) is 15.3 Å². The number of nitrogens with zero attached hydrogens (tertiary/aromatic N) is 3. The number of carbonyl (C=O) groups is 1. The second-order valence-corrected chi connectivity index (χ2v) is 6.85. The van der Waals surface area contributed by atoms with E-state index < -0.39 is 0 Å². The standard InChI is InChI=1S/C25H22N4O/c30-25(24-17-22(13-16-27-24)28-18-20-11-14-26-15-12-20)29(23-9-5-2-6-10-23)19-21-7-3-1-4-8-21/h1-17H,18-19H2,(H,27,28). The molecule has 0 atom stereocenters. The maximum atomic E-state index is 13.4. The van der Waals surface area contributed by atoms with Crippen LogP contribution in [0.2, 0.25) is 0 Å². The lowest BCUT2D eigenvalue weighted by molar-refractivity contribution is 0.0980. The molecule has 2 aromatic carbocycles. The van der Waals surface area contributed by atoms with Crippen molar-refractivity contribution in [2.45, 2.75) is 13.1 Å². The van der Waals surface area contributed by atoms with E-state index in [0.29, 0.717) is 18.8 Å². The summed E-state index contributed by atoms with van der Waals surface area (Å²) < 4.78 is 0. The van der Waals surface area contributed by atoms with Crippen LogP contribution < -0.4 is 10.2 Å². The van der Waals surface area contributed by atoms with Gasteiger partial charge in [-0.3, -0.25) is 14.8 Å². The van der Waals surface area contributed by atoms with Gasteiger partial charge in [0.2, 0.25) is 0 Å². The summed E-state index contributed by atoms with van der Waals surface area (Å²) in [6, 6.07) is 27.2. The van der Waals surface area contributed by atoms with Crippen molar-refractivity contribution in [1.82, 2.24) is 9.97 Å². The van der Waals surface area contributed by atoms with Crippen LogP contribution >= 0.6 is 0 Å². The second-order valence-electron chi connectivity index (χ2n) is 6.85. The summed E-state index contributed by atoms with van der Waals surface area (Å²) in [5.41, 5.74) is 4.25. The second kappa shape index (κ2) is 9.47. The molecule has 2 aromatic heterocycles. The highest BCUT2D eigenvalue weighted by Gasteiger charge is 2.19. The van der Waals surface area contributed by atoms with Gasteiger partial charge in [0.25, 0.3) is 5.91 Å². The molecule has 0 saturated carbocycles. The predicted molar refractivity (Wildman–Crippen MR) is 119 cm³/mol. The van der Waals surface area contributed by atoms with Crippen LogP contribution in [0.3, 0.4) is 0 Å². The highest BCUT2D eigenvalue weighted by Crippen LogP contribution is 2.20. The Hall–Kier alpha value is -3.99. The van der Waals surface area contributed by atoms with Crippen molar-refractivity contribution in [1.29, 1.82) is 0 Å². The van der Waals surface area contributed by atoms with Crippen LogP contribution in [-0.4, -0.2) is 15.9 Å². The van der Waals surface area contributed by atoms with Crippen molar-refractivity contribution in [3.63, 3.8) is 0 Å². The van der Waals surface area contributed by atoms with Gasteiger partial charge >= 0.3 is 0 Å². The first-order chi connectivity index (χ1) is 14.8. The maximum absolute atomic E-state index is 13.4. The Kier molecular flexibility index (Phi) is 6.11. The van der Waals surface area contributed by atoms with Gasteiger partial charge in [-0.1, -0.05) is 48.5 Å². The van der Waals surface area contributed by atoms with Crippen LogP contribution in [0.4, 0.5) is 11.4 Å². The van der Waals surface area contributed by atoms with Gasteiger partial charge in [0.05, 0.1) is 6.54 Å². The van der Waals surface area contributed by atoms with E-state index in [-0.39, 0.29) is 5.91 Å². The summed E-state index contributed by atoms with van der Waals surface area (Å²) >= 11 is 0. The Bertz CT molecular complexity index is 1090. The smallest absolute Gasteiger partial charge is 0.277 e. The molecule has 0 unspecified atom stereocenters. The van der Waals surface area contributed by atoms with Crippen LogP contribution in [0.5, 0.6) is 0 Å². The Balaban J connectivity index is 1.56. The first-order valence-electron chi connectivity index (χ1n) is 9.79. The first kappa shape index (κ1) is 19.3. The molecule has 4 rings (SSSR count). The number of amides is 1. The molecule has 0 aliphatic heterocycles. The lowest BCUT2D eigenvalue weighted by atomic mass is 10.1. The molecule has 2 heterocycles. The zero-order valence-electron chi connectivity index (χ0n) is 16.5. The van der Waals surface area contributed by atoms with Crippen molar-refractivity contribution in [2.75, 3.05) is 10.2 Å². The van der Waals surface area contributed by atoms with Gasteiger partial charge in [-0.05, 0) is 47.5 Å². The van der Waals surface area contributed by atoms with E-state index >= 15 is 0 Å². The summed E-state index contributed by atoms with van der Waals surface area (Å²) in [6.45, 7) is 1.12. The summed E-state index contributed by atoms with van der Waals surface area (Å²) in [4.78, 5) is 23.5. The van der Waals surface area contributed by atoms with Gasteiger partial charge in [-0.25, -0.2) is 0 Å². The van der Waals surface area contributed by atoms with Gasteiger partial charge in [0.15, 0.2) is 0 Å². The number of para-hydroxylation sites is 1. The van der Waals surface area contributed by atoms with E-state index in [9.17, 15) is 4.79 Å². The molecule has 5 nitrogen and oxygen atoms in total. The molecule has 0 aliphatic carbocycles. The SMILES string of the molecule is O=C(c1cc(NCc2ccncc2)ccn1)N(Cc1ccccc1)c1ccccc1. The highest BCUT2D eigenvalue weighted by atomic mass is 16.2. The third-order valence-corrected chi connectivity index (χ3v) is 4.72. The highest BCUT2D eigenvalue weighted by molar-refractivity contribution is 6.05.